The Balaban J connectivity index is 1.70. The molecule has 1 aliphatic rings. The Morgan fingerprint density at radius 3 is 2.54 bits per heavy atom. The third-order valence-electron chi connectivity index (χ3n) is 4.01. The number of nitrogens with zero attached hydrogens (tertiary/aromatic N) is 1. The number of aryl methyl sites for hydroxylation is 2. The van der Waals surface area contributed by atoms with Crippen LogP contribution >= 0.6 is 23.4 Å². The van der Waals surface area contributed by atoms with Crippen LogP contribution in [0.5, 0.6) is 0 Å². The number of hydrogen-bond acceptors (Lipinski definition) is 3. The molecule has 0 bridgehead atoms. The first kappa shape index (κ1) is 17.1. The maximum atomic E-state index is 12.2. The van der Waals surface area contributed by atoms with E-state index in [9.17, 15) is 4.79 Å². The van der Waals surface area contributed by atoms with Crippen LogP contribution in [0.25, 0.3) is 0 Å². The fourth-order valence-corrected chi connectivity index (χ4v) is 3.73. The Morgan fingerprint density at radius 2 is 1.88 bits per heavy atom. The van der Waals surface area contributed by atoms with Gasteiger partial charge in [0.25, 0.3) is 0 Å². The van der Waals surface area contributed by atoms with E-state index in [-0.39, 0.29) is 11.2 Å². The predicted octanol–water partition coefficient (Wildman–Crippen LogP) is 4.67. The van der Waals surface area contributed by atoms with Gasteiger partial charge in [-0.2, -0.15) is 0 Å². The average Bonchev–Trinajstić information content (AvgIpc) is 2.91. The van der Waals surface area contributed by atoms with Crippen LogP contribution < -0.4 is 5.32 Å². The highest BCUT2D eigenvalue weighted by molar-refractivity contribution is 8.15. The molecule has 0 aliphatic carbocycles. The van der Waals surface area contributed by atoms with Gasteiger partial charge in [-0.3, -0.25) is 4.79 Å². The Hall–Kier alpha value is -1.78. The van der Waals surface area contributed by atoms with Gasteiger partial charge in [0, 0.05) is 5.02 Å². The second-order valence-electron chi connectivity index (χ2n) is 5.82. The van der Waals surface area contributed by atoms with Crippen LogP contribution in [0, 0.1) is 6.92 Å². The van der Waals surface area contributed by atoms with Crippen molar-refractivity contribution in [2.75, 3.05) is 0 Å². The number of nitrogens with one attached hydrogen (secondary N) is 1. The standard InChI is InChI=1S/C19H19ClN2OS/c1-3-13-6-8-15(9-7-13)21-19-22-18(23)17(24-19)11-14-5-4-12(2)16(20)10-14/h4-10,17H,3,11H2,1-2H3,(H,21,22,23)/t17-/m0/s1. The van der Waals surface area contributed by atoms with Crippen molar-refractivity contribution in [2.24, 2.45) is 4.99 Å². The highest BCUT2D eigenvalue weighted by Gasteiger charge is 2.30. The number of amides is 1. The van der Waals surface area contributed by atoms with Gasteiger partial charge in [0.15, 0.2) is 5.17 Å². The summed E-state index contributed by atoms with van der Waals surface area (Å²) in [4.78, 5) is 16.7. The number of halogens is 1. The molecule has 0 aromatic heterocycles. The maximum absolute atomic E-state index is 12.2. The number of aliphatic imine (C=N–C) groups is 1. The highest BCUT2D eigenvalue weighted by Crippen LogP contribution is 2.27. The van der Waals surface area contributed by atoms with Crippen molar-refractivity contribution in [3.8, 4) is 0 Å². The molecular formula is C19H19ClN2OS. The van der Waals surface area contributed by atoms with E-state index in [2.05, 4.69) is 29.4 Å². The molecule has 1 amide bonds. The molecule has 124 valence electrons. The van der Waals surface area contributed by atoms with Gasteiger partial charge in [-0.25, -0.2) is 4.99 Å². The van der Waals surface area contributed by atoms with Crippen molar-refractivity contribution in [2.45, 2.75) is 31.9 Å². The minimum Gasteiger partial charge on any atom is -0.304 e. The van der Waals surface area contributed by atoms with Crippen LogP contribution in [0.4, 0.5) is 5.69 Å². The van der Waals surface area contributed by atoms with Gasteiger partial charge in [0.2, 0.25) is 5.91 Å². The quantitative estimate of drug-likeness (QED) is 0.862. The lowest BCUT2D eigenvalue weighted by atomic mass is 10.1. The van der Waals surface area contributed by atoms with Crippen molar-refractivity contribution in [3.63, 3.8) is 0 Å². The van der Waals surface area contributed by atoms with E-state index < -0.39 is 0 Å². The van der Waals surface area contributed by atoms with E-state index in [1.165, 1.54) is 17.3 Å². The van der Waals surface area contributed by atoms with Gasteiger partial charge in [0.1, 0.15) is 0 Å². The van der Waals surface area contributed by atoms with E-state index in [1.54, 1.807) is 0 Å². The summed E-state index contributed by atoms with van der Waals surface area (Å²) in [6.45, 7) is 4.09. The number of amidine groups is 1. The van der Waals surface area contributed by atoms with Gasteiger partial charge in [0.05, 0.1) is 10.9 Å². The van der Waals surface area contributed by atoms with Crippen LogP contribution in [0.2, 0.25) is 5.02 Å². The summed E-state index contributed by atoms with van der Waals surface area (Å²) in [6, 6.07) is 14.0. The molecule has 1 N–H and O–H groups in total. The smallest absolute Gasteiger partial charge is 0.239 e. The Kier molecular flexibility index (Phi) is 5.27. The topological polar surface area (TPSA) is 41.5 Å². The van der Waals surface area contributed by atoms with Crippen LogP contribution in [-0.4, -0.2) is 16.3 Å². The zero-order chi connectivity index (χ0) is 17.1. The molecule has 5 heteroatoms. The molecule has 0 radical (unpaired) electrons. The van der Waals surface area contributed by atoms with Gasteiger partial charge < -0.3 is 5.32 Å². The summed E-state index contributed by atoms with van der Waals surface area (Å²) in [7, 11) is 0. The molecule has 0 saturated carbocycles. The molecule has 2 aromatic carbocycles. The Bertz CT molecular complexity index is 786. The molecule has 2 aromatic rings. The summed E-state index contributed by atoms with van der Waals surface area (Å²) < 4.78 is 0. The molecular weight excluding hydrogens is 340 g/mol. The first-order valence-electron chi connectivity index (χ1n) is 7.95. The van der Waals surface area contributed by atoms with Crippen LogP contribution in [-0.2, 0) is 17.6 Å². The SMILES string of the molecule is CCc1ccc(N=C2NC(=O)[C@H](Cc3ccc(C)c(Cl)c3)S2)cc1. The van der Waals surface area contributed by atoms with E-state index in [0.29, 0.717) is 11.6 Å². The van der Waals surface area contributed by atoms with Crippen molar-refractivity contribution < 1.29 is 4.79 Å². The number of thioether (sulfide) groups is 1. The van der Waals surface area contributed by atoms with Crippen LogP contribution in [0.1, 0.15) is 23.6 Å². The number of carbonyl (C=O) groups excluding carboxylic acids is 1. The molecule has 24 heavy (non-hydrogen) atoms. The van der Waals surface area contributed by atoms with Crippen LogP contribution in [0.15, 0.2) is 47.5 Å². The van der Waals surface area contributed by atoms with Crippen molar-refractivity contribution in [1.29, 1.82) is 0 Å². The van der Waals surface area contributed by atoms with Crippen molar-refractivity contribution in [1.82, 2.24) is 5.32 Å². The zero-order valence-corrected chi connectivity index (χ0v) is 15.2. The summed E-state index contributed by atoms with van der Waals surface area (Å²) in [5.74, 6) is 0.000579. The van der Waals surface area contributed by atoms with Crippen molar-refractivity contribution in [3.05, 3.63) is 64.2 Å². The molecule has 1 fully saturated rings. The second kappa shape index (κ2) is 7.41. The highest BCUT2D eigenvalue weighted by atomic mass is 35.5. The second-order valence-corrected chi connectivity index (χ2v) is 7.42. The lowest BCUT2D eigenvalue weighted by molar-refractivity contribution is -0.118. The molecule has 3 rings (SSSR count). The fourth-order valence-electron chi connectivity index (χ4n) is 2.49. The molecule has 0 spiro atoms. The summed E-state index contributed by atoms with van der Waals surface area (Å²) >= 11 is 7.64. The first-order valence-corrected chi connectivity index (χ1v) is 9.21. The molecule has 0 unspecified atom stereocenters. The first-order chi connectivity index (χ1) is 11.5. The summed E-state index contributed by atoms with van der Waals surface area (Å²) in [6.07, 6.45) is 1.65. The fraction of sp³-hybridized carbons (Fsp3) is 0.263. The zero-order valence-electron chi connectivity index (χ0n) is 13.7. The number of hydrogen-bond donors (Lipinski definition) is 1. The van der Waals surface area contributed by atoms with E-state index in [4.69, 9.17) is 11.6 Å². The third kappa shape index (κ3) is 4.00. The molecule has 1 saturated heterocycles. The Labute approximate surface area is 151 Å². The number of rotatable bonds is 4. The number of benzene rings is 2. The lowest BCUT2D eigenvalue weighted by Crippen LogP contribution is -2.25. The van der Waals surface area contributed by atoms with Gasteiger partial charge >= 0.3 is 0 Å². The van der Waals surface area contributed by atoms with Crippen LogP contribution in [0.3, 0.4) is 0 Å². The van der Waals surface area contributed by atoms with Gasteiger partial charge in [-0.15, -0.1) is 0 Å². The van der Waals surface area contributed by atoms with E-state index in [0.717, 1.165) is 28.3 Å². The van der Waals surface area contributed by atoms with Gasteiger partial charge in [-0.05, 0) is 54.7 Å². The third-order valence-corrected chi connectivity index (χ3v) is 5.50. The monoisotopic (exact) mass is 358 g/mol. The average molecular weight is 359 g/mol. The summed E-state index contributed by atoms with van der Waals surface area (Å²) in [5, 5.41) is 4.10. The Morgan fingerprint density at radius 1 is 1.17 bits per heavy atom. The maximum Gasteiger partial charge on any atom is 0.239 e. The predicted molar refractivity (Wildman–Crippen MR) is 102 cm³/mol. The van der Waals surface area contributed by atoms with E-state index >= 15 is 0 Å². The number of carbonyl (C=O) groups is 1. The molecule has 1 atom stereocenters. The molecule has 1 aliphatic heterocycles. The van der Waals surface area contributed by atoms with Gasteiger partial charge in [-0.1, -0.05) is 54.6 Å². The van der Waals surface area contributed by atoms with Crippen molar-refractivity contribution >= 4 is 40.1 Å². The minimum atomic E-state index is -0.169. The van der Waals surface area contributed by atoms with E-state index in [1.807, 2.05) is 37.3 Å². The molecule has 1 heterocycles. The molecule has 3 nitrogen and oxygen atoms in total. The lowest BCUT2D eigenvalue weighted by Gasteiger charge is -2.07. The normalized spacial score (nSPS) is 18.9. The largest absolute Gasteiger partial charge is 0.304 e. The summed E-state index contributed by atoms with van der Waals surface area (Å²) in [5.41, 5.74) is 4.23. The minimum absolute atomic E-state index is 0.000579.